The van der Waals surface area contributed by atoms with Crippen molar-refractivity contribution in [2.24, 2.45) is 5.92 Å². The summed E-state index contributed by atoms with van der Waals surface area (Å²) in [6.45, 7) is 4.39. The molecule has 4 atom stereocenters. The molecule has 0 spiro atoms. The molecule has 2 saturated heterocycles. The molecule has 242 valence electrons. The normalized spacial score (nSPS) is 22.3. The van der Waals surface area contributed by atoms with Gasteiger partial charge in [-0.15, -0.1) is 0 Å². The largest absolute Gasteiger partial charge is 0.418 e. The molecule has 3 heterocycles. The van der Waals surface area contributed by atoms with Crippen LogP contribution in [0.4, 0.5) is 18.9 Å². The van der Waals surface area contributed by atoms with E-state index < -0.39 is 11.7 Å². The third kappa shape index (κ3) is 8.53. The Balaban J connectivity index is 1.19. The molecule has 3 aromatic carbocycles. The molecule has 0 aliphatic carbocycles. The zero-order valence-electron chi connectivity index (χ0n) is 25.8. The van der Waals surface area contributed by atoms with Crippen LogP contribution in [0.1, 0.15) is 28.7 Å². The number of aromatic nitrogens is 1. The summed E-state index contributed by atoms with van der Waals surface area (Å²) in [5.41, 5.74) is 2.74. The Bertz CT molecular complexity index is 1440. The van der Waals surface area contributed by atoms with Crippen LogP contribution in [-0.2, 0) is 40.2 Å². The summed E-state index contributed by atoms with van der Waals surface area (Å²) in [6.07, 6.45) is -1.95. The Labute approximate surface area is 268 Å². The van der Waals surface area contributed by atoms with Crippen LogP contribution < -0.4 is 4.90 Å². The Morgan fingerprint density at radius 1 is 0.674 bits per heavy atom. The fourth-order valence-electron chi connectivity index (χ4n) is 6.45. The van der Waals surface area contributed by atoms with Crippen LogP contribution in [-0.4, -0.2) is 60.9 Å². The predicted octanol–water partition coefficient (Wildman–Crippen LogP) is 7.00. The van der Waals surface area contributed by atoms with Gasteiger partial charge in [0.05, 0.1) is 49.5 Å². The van der Waals surface area contributed by atoms with Gasteiger partial charge in [-0.1, -0.05) is 91.0 Å². The first kappa shape index (κ1) is 32.2. The summed E-state index contributed by atoms with van der Waals surface area (Å²) in [5.74, 6) is 0.188. The van der Waals surface area contributed by atoms with Crippen molar-refractivity contribution >= 4 is 5.69 Å². The number of rotatable bonds is 12. The van der Waals surface area contributed by atoms with Gasteiger partial charge in [-0.3, -0.25) is 9.88 Å². The Kier molecular flexibility index (Phi) is 10.7. The van der Waals surface area contributed by atoms with E-state index in [9.17, 15) is 13.2 Å². The number of halogens is 3. The van der Waals surface area contributed by atoms with Gasteiger partial charge in [0, 0.05) is 38.9 Å². The molecule has 2 aliphatic heterocycles. The molecule has 6 rings (SSSR count). The van der Waals surface area contributed by atoms with Gasteiger partial charge in [0.15, 0.2) is 0 Å². The molecule has 0 amide bonds. The molecule has 46 heavy (non-hydrogen) atoms. The number of benzene rings is 3. The summed E-state index contributed by atoms with van der Waals surface area (Å²) in [4.78, 5) is 8.17. The van der Waals surface area contributed by atoms with E-state index in [1.807, 2.05) is 95.9 Å². The number of anilines is 1. The highest BCUT2D eigenvalue weighted by molar-refractivity contribution is 5.54. The number of nitrogens with zero attached hydrogens (tertiary/aromatic N) is 3. The van der Waals surface area contributed by atoms with E-state index in [1.54, 1.807) is 0 Å². The summed E-state index contributed by atoms with van der Waals surface area (Å²) >= 11 is 0. The molecule has 2 aliphatic rings. The molecule has 4 aromatic rings. The molecule has 1 aromatic heterocycles. The van der Waals surface area contributed by atoms with Crippen molar-refractivity contribution < 1.29 is 27.4 Å². The fourth-order valence-corrected chi connectivity index (χ4v) is 6.45. The Morgan fingerprint density at radius 3 is 1.72 bits per heavy atom. The van der Waals surface area contributed by atoms with E-state index in [0.717, 1.165) is 35.7 Å². The first-order valence-electron chi connectivity index (χ1n) is 15.9. The van der Waals surface area contributed by atoms with Crippen LogP contribution >= 0.6 is 0 Å². The van der Waals surface area contributed by atoms with E-state index in [0.29, 0.717) is 46.0 Å². The number of likely N-dealkylation sites (tertiary alicyclic amines) is 1. The van der Waals surface area contributed by atoms with Crippen molar-refractivity contribution in [3.05, 3.63) is 132 Å². The average molecular weight is 632 g/mol. The highest BCUT2D eigenvalue weighted by atomic mass is 19.4. The lowest BCUT2D eigenvalue weighted by atomic mass is 9.98. The Hall–Kier alpha value is -3.76. The number of ether oxygens (including phenoxy) is 3. The first-order chi connectivity index (χ1) is 22.4. The maximum absolute atomic E-state index is 13.8. The van der Waals surface area contributed by atoms with Crippen molar-refractivity contribution in [2.75, 3.05) is 37.6 Å². The minimum Gasteiger partial charge on any atom is -0.369 e. The minimum atomic E-state index is -4.43. The molecule has 6 nitrogen and oxygen atoms in total. The third-order valence-corrected chi connectivity index (χ3v) is 8.76. The van der Waals surface area contributed by atoms with Gasteiger partial charge in [-0.2, -0.15) is 13.2 Å². The lowest BCUT2D eigenvalue weighted by Gasteiger charge is -2.44. The van der Waals surface area contributed by atoms with Crippen molar-refractivity contribution in [2.45, 2.75) is 50.7 Å². The van der Waals surface area contributed by atoms with Gasteiger partial charge in [0.2, 0.25) is 0 Å². The molecular formula is C37H40F3N3O3. The zero-order chi connectivity index (χ0) is 31.8. The number of pyridine rings is 1. The van der Waals surface area contributed by atoms with E-state index >= 15 is 0 Å². The minimum absolute atomic E-state index is 0.152. The van der Waals surface area contributed by atoms with Gasteiger partial charge in [-0.25, -0.2) is 0 Å². The topological polar surface area (TPSA) is 47.1 Å². The monoisotopic (exact) mass is 631 g/mol. The Morgan fingerprint density at radius 2 is 1.20 bits per heavy atom. The summed E-state index contributed by atoms with van der Waals surface area (Å²) in [5, 5.41) is 0. The number of alkyl halides is 3. The SMILES string of the molecule is FC(F)(F)c1ccncc1N1CC[C@H](CN2C[C@H](OCc3ccccc3)C(OCc3ccccc3)[C@H](OCc3ccccc3)C2)C1. The summed E-state index contributed by atoms with van der Waals surface area (Å²) < 4.78 is 61.1. The van der Waals surface area contributed by atoms with Crippen molar-refractivity contribution in [3.8, 4) is 0 Å². The number of hydrogen-bond acceptors (Lipinski definition) is 6. The standard InChI is InChI=1S/C37H40F3N3O3/c38-37(39,40)32-16-18-41-20-33(32)43-19-17-31(22-43)21-42-23-34(44-25-28-10-4-1-5-11-28)36(46-27-30-14-8-3-9-15-30)35(24-42)45-26-29-12-6-2-7-13-29/h1-16,18,20,31,34-36H,17,19,21-27H2/t31-,34-,35+,36?/m1/s1. The van der Waals surface area contributed by atoms with Crippen molar-refractivity contribution in [3.63, 3.8) is 0 Å². The van der Waals surface area contributed by atoms with Crippen molar-refractivity contribution in [1.29, 1.82) is 0 Å². The van der Waals surface area contributed by atoms with Crippen LogP contribution in [0.2, 0.25) is 0 Å². The van der Waals surface area contributed by atoms with Crippen LogP contribution in [0.3, 0.4) is 0 Å². The van der Waals surface area contributed by atoms with E-state index in [2.05, 4.69) is 9.88 Å². The van der Waals surface area contributed by atoms with Crippen LogP contribution in [0, 0.1) is 5.92 Å². The molecule has 0 bridgehead atoms. The molecule has 0 N–H and O–H groups in total. The summed E-state index contributed by atoms with van der Waals surface area (Å²) in [6, 6.07) is 31.3. The first-order valence-corrected chi connectivity index (χ1v) is 15.9. The van der Waals surface area contributed by atoms with Crippen molar-refractivity contribution in [1.82, 2.24) is 9.88 Å². The van der Waals surface area contributed by atoms with E-state index in [-0.39, 0.29) is 29.9 Å². The third-order valence-electron chi connectivity index (χ3n) is 8.76. The molecule has 0 saturated carbocycles. The molecule has 9 heteroatoms. The molecule has 0 radical (unpaired) electrons. The maximum atomic E-state index is 13.8. The lowest BCUT2D eigenvalue weighted by Crippen LogP contribution is -2.58. The van der Waals surface area contributed by atoms with Gasteiger partial charge in [0.25, 0.3) is 0 Å². The molecular weight excluding hydrogens is 591 g/mol. The van der Waals surface area contributed by atoms with Crippen LogP contribution in [0.5, 0.6) is 0 Å². The number of piperidine rings is 1. The fraction of sp³-hybridized carbons (Fsp3) is 0.378. The van der Waals surface area contributed by atoms with Gasteiger partial charge < -0.3 is 19.1 Å². The maximum Gasteiger partial charge on any atom is 0.418 e. The van der Waals surface area contributed by atoms with Crippen LogP contribution in [0.15, 0.2) is 109 Å². The van der Waals surface area contributed by atoms with Crippen LogP contribution in [0.25, 0.3) is 0 Å². The second kappa shape index (κ2) is 15.2. The van der Waals surface area contributed by atoms with E-state index in [4.69, 9.17) is 14.2 Å². The zero-order valence-corrected chi connectivity index (χ0v) is 25.8. The smallest absolute Gasteiger partial charge is 0.369 e. The molecule has 1 unspecified atom stereocenters. The molecule has 2 fully saturated rings. The van der Waals surface area contributed by atoms with Gasteiger partial charge >= 0.3 is 6.18 Å². The van der Waals surface area contributed by atoms with Gasteiger partial charge in [-0.05, 0) is 35.1 Å². The second-order valence-electron chi connectivity index (χ2n) is 12.1. The number of hydrogen-bond donors (Lipinski definition) is 0. The quantitative estimate of drug-likeness (QED) is 0.168. The van der Waals surface area contributed by atoms with E-state index in [1.165, 1.54) is 12.4 Å². The highest BCUT2D eigenvalue weighted by Gasteiger charge is 2.41. The summed E-state index contributed by atoms with van der Waals surface area (Å²) in [7, 11) is 0. The van der Waals surface area contributed by atoms with Gasteiger partial charge in [0.1, 0.15) is 6.10 Å². The predicted molar refractivity (Wildman–Crippen MR) is 171 cm³/mol. The average Bonchev–Trinajstić information content (AvgIpc) is 3.55. The highest BCUT2D eigenvalue weighted by Crippen LogP contribution is 2.38. The second-order valence-corrected chi connectivity index (χ2v) is 12.1. The lowest BCUT2D eigenvalue weighted by molar-refractivity contribution is -0.185.